The third-order valence-electron chi connectivity index (χ3n) is 2.53. The molecule has 6 heteroatoms. The maximum atomic E-state index is 12.4. The smallest absolute Gasteiger partial charge is 0.309 e. The van der Waals surface area contributed by atoms with Crippen LogP contribution in [0, 0.1) is 17.2 Å². The van der Waals surface area contributed by atoms with Crippen LogP contribution in [0.15, 0.2) is 24.3 Å². The largest absolute Gasteiger partial charge is 0.405 e. The van der Waals surface area contributed by atoms with Crippen LogP contribution in [0.4, 0.5) is 13.2 Å². The number of hydrogen-bond donors (Lipinski definition) is 1. The number of nitrogens with one attached hydrogen (secondary N) is 1. The molecule has 2 unspecified atom stereocenters. The molecule has 0 aliphatic heterocycles. The van der Waals surface area contributed by atoms with Gasteiger partial charge in [0.05, 0.1) is 6.07 Å². The van der Waals surface area contributed by atoms with Crippen LogP contribution >= 0.6 is 11.6 Å². The summed E-state index contributed by atoms with van der Waals surface area (Å²) in [6.07, 6.45) is -4.50. The molecule has 0 amide bonds. The van der Waals surface area contributed by atoms with Gasteiger partial charge < -0.3 is 5.32 Å². The summed E-state index contributed by atoms with van der Waals surface area (Å²) in [5.41, 5.74) is 0.779. The Morgan fingerprint density at radius 1 is 1.44 bits per heavy atom. The van der Waals surface area contributed by atoms with Crippen LogP contribution in [-0.2, 0) is 0 Å². The molecule has 0 spiro atoms. The van der Waals surface area contributed by atoms with E-state index in [0.29, 0.717) is 5.02 Å². The van der Waals surface area contributed by atoms with Gasteiger partial charge in [0.25, 0.3) is 0 Å². The van der Waals surface area contributed by atoms with Crippen molar-refractivity contribution in [2.75, 3.05) is 6.54 Å². The monoisotopic (exact) mass is 276 g/mol. The van der Waals surface area contributed by atoms with Crippen LogP contribution in [0.25, 0.3) is 0 Å². The molecule has 2 nitrogen and oxygen atoms in total. The van der Waals surface area contributed by atoms with E-state index in [0.717, 1.165) is 5.56 Å². The summed E-state index contributed by atoms with van der Waals surface area (Å²) in [7, 11) is 0. The van der Waals surface area contributed by atoms with Crippen molar-refractivity contribution >= 4 is 11.6 Å². The van der Waals surface area contributed by atoms with Crippen LogP contribution in [-0.4, -0.2) is 12.7 Å². The summed E-state index contributed by atoms with van der Waals surface area (Å²) < 4.78 is 37.1. The normalized spacial score (nSPS) is 14.9. The van der Waals surface area contributed by atoms with Gasteiger partial charge in [-0.25, -0.2) is 0 Å². The average Bonchev–Trinajstić information content (AvgIpc) is 2.27. The zero-order valence-corrected chi connectivity index (χ0v) is 10.4. The van der Waals surface area contributed by atoms with Crippen LogP contribution in [0.5, 0.6) is 0 Å². The molecule has 0 heterocycles. The fourth-order valence-electron chi connectivity index (χ4n) is 1.42. The van der Waals surface area contributed by atoms with E-state index in [4.69, 9.17) is 16.9 Å². The standard InChI is InChI=1S/C12H12ClF3N2/c1-8(9-3-2-4-11(13)5-9)18-7-10(6-17)12(14,15)16/h2-5,8,10,18H,7H2,1H3. The number of nitriles is 1. The van der Waals surface area contributed by atoms with Crippen molar-refractivity contribution in [1.82, 2.24) is 5.32 Å². The minimum atomic E-state index is -4.50. The Morgan fingerprint density at radius 2 is 2.11 bits per heavy atom. The van der Waals surface area contributed by atoms with Crippen molar-refractivity contribution in [3.8, 4) is 6.07 Å². The van der Waals surface area contributed by atoms with Crippen molar-refractivity contribution < 1.29 is 13.2 Å². The Morgan fingerprint density at radius 3 is 2.61 bits per heavy atom. The number of hydrogen-bond acceptors (Lipinski definition) is 2. The van der Waals surface area contributed by atoms with Gasteiger partial charge >= 0.3 is 6.18 Å². The molecule has 1 N–H and O–H groups in total. The lowest BCUT2D eigenvalue weighted by atomic mass is 10.1. The van der Waals surface area contributed by atoms with Gasteiger partial charge in [0.15, 0.2) is 5.92 Å². The molecule has 18 heavy (non-hydrogen) atoms. The average molecular weight is 277 g/mol. The number of halogens is 4. The number of benzene rings is 1. The third kappa shape index (κ3) is 4.21. The Balaban J connectivity index is 2.61. The highest BCUT2D eigenvalue weighted by Crippen LogP contribution is 2.26. The van der Waals surface area contributed by atoms with Crippen LogP contribution in [0.2, 0.25) is 5.02 Å². The third-order valence-corrected chi connectivity index (χ3v) is 2.76. The van der Waals surface area contributed by atoms with Crippen molar-refractivity contribution in [2.45, 2.75) is 19.1 Å². The summed E-state index contributed by atoms with van der Waals surface area (Å²) in [4.78, 5) is 0. The van der Waals surface area contributed by atoms with Crippen molar-refractivity contribution in [1.29, 1.82) is 5.26 Å². The molecule has 0 aromatic heterocycles. The highest BCUT2D eigenvalue weighted by Gasteiger charge is 2.39. The van der Waals surface area contributed by atoms with Crippen molar-refractivity contribution in [2.24, 2.45) is 5.92 Å². The van der Waals surface area contributed by atoms with Gasteiger partial charge in [0.2, 0.25) is 0 Å². The highest BCUT2D eigenvalue weighted by atomic mass is 35.5. The molecular formula is C12H12ClF3N2. The second-order valence-electron chi connectivity index (χ2n) is 3.91. The molecule has 0 saturated carbocycles. The molecule has 1 rings (SSSR count). The minimum Gasteiger partial charge on any atom is -0.309 e. The SMILES string of the molecule is CC(NCC(C#N)C(F)(F)F)c1cccc(Cl)c1. The van der Waals surface area contributed by atoms with E-state index < -0.39 is 18.6 Å². The van der Waals surface area contributed by atoms with Gasteiger partial charge in [-0.05, 0) is 24.6 Å². The molecule has 98 valence electrons. The zero-order chi connectivity index (χ0) is 13.8. The first-order chi connectivity index (χ1) is 8.34. The Labute approximate surface area is 108 Å². The number of nitrogens with zero attached hydrogens (tertiary/aromatic N) is 1. The summed E-state index contributed by atoms with van der Waals surface area (Å²) >= 11 is 5.79. The maximum absolute atomic E-state index is 12.4. The number of rotatable bonds is 4. The summed E-state index contributed by atoms with van der Waals surface area (Å²) in [6, 6.07) is 7.79. The maximum Gasteiger partial charge on any atom is 0.405 e. The first-order valence-corrected chi connectivity index (χ1v) is 5.67. The molecule has 0 radical (unpaired) electrons. The lowest BCUT2D eigenvalue weighted by Crippen LogP contribution is -2.33. The summed E-state index contributed by atoms with van der Waals surface area (Å²) in [5.74, 6) is -2.00. The molecule has 1 aromatic carbocycles. The molecule has 0 aliphatic carbocycles. The van der Waals surface area contributed by atoms with Gasteiger partial charge in [0.1, 0.15) is 0 Å². The number of alkyl halides is 3. The van der Waals surface area contributed by atoms with Gasteiger partial charge in [-0.3, -0.25) is 0 Å². The molecule has 0 aliphatic rings. The van der Waals surface area contributed by atoms with Gasteiger partial charge in [0, 0.05) is 17.6 Å². The summed E-state index contributed by atoms with van der Waals surface area (Å²) in [6.45, 7) is 1.28. The van der Waals surface area contributed by atoms with Gasteiger partial charge in [-0.1, -0.05) is 23.7 Å². The topological polar surface area (TPSA) is 35.8 Å². The molecule has 2 atom stereocenters. The Bertz CT molecular complexity index is 440. The lowest BCUT2D eigenvalue weighted by molar-refractivity contribution is -0.157. The fraction of sp³-hybridized carbons (Fsp3) is 0.417. The minimum absolute atomic E-state index is 0.304. The second kappa shape index (κ2) is 6.07. The predicted octanol–water partition coefficient (Wildman–Crippen LogP) is 3.69. The quantitative estimate of drug-likeness (QED) is 0.910. The molecular weight excluding hydrogens is 265 g/mol. The van der Waals surface area contributed by atoms with E-state index in [1.54, 1.807) is 31.2 Å². The molecule has 0 saturated heterocycles. The molecule has 1 aromatic rings. The summed E-state index contributed by atoms with van der Waals surface area (Å²) in [5, 5.41) is 11.7. The van der Waals surface area contributed by atoms with E-state index >= 15 is 0 Å². The second-order valence-corrected chi connectivity index (χ2v) is 4.34. The fourth-order valence-corrected chi connectivity index (χ4v) is 1.62. The van der Waals surface area contributed by atoms with Crippen LogP contribution < -0.4 is 5.32 Å². The Kier molecular flexibility index (Phi) is 5.00. The van der Waals surface area contributed by atoms with E-state index in [-0.39, 0.29) is 6.04 Å². The van der Waals surface area contributed by atoms with Crippen molar-refractivity contribution in [3.63, 3.8) is 0 Å². The van der Waals surface area contributed by atoms with Crippen LogP contribution in [0.3, 0.4) is 0 Å². The van der Waals surface area contributed by atoms with Gasteiger partial charge in [-0.15, -0.1) is 0 Å². The Hall–Kier alpha value is -1.25. The lowest BCUT2D eigenvalue weighted by Gasteiger charge is -2.18. The highest BCUT2D eigenvalue weighted by molar-refractivity contribution is 6.30. The van der Waals surface area contributed by atoms with Gasteiger partial charge in [-0.2, -0.15) is 18.4 Å². The van der Waals surface area contributed by atoms with Crippen molar-refractivity contribution in [3.05, 3.63) is 34.9 Å². The van der Waals surface area contributed by atoms with E-state index in [1.807, 2.05) is 0 Å². The van der Waals surface area contributed by atoms with E-state index in [9.17, 15) is 13.2 Å². The van der Waals surface area contributed by atoms with E-state index in [1.165, 1.54) is 6.07 Å². The molecule has 0 bridgehead atoms. The first kappa shape index (κ1) is 14.8. The first-order valence-electron chi connectivity index (χ1n) is 5.29. The molecule has 0 fully saturated rings. The van der Waals surface area contributed by atoms with Crippen LogP contribution in [0.1, 0.15) is 18.5 Å². The predicted molar refractivity (Wildman–Crippen MR) is 63.0 cm³/mol. The van der Waals surface area contributed by atoms with E-state index in [2.05, 4.69) is 5.32 Å². The zero-order valence-electron chi connectivity index (χ0n) is 9.63.